The lowest BCUT2D eigenvalue weighted by atomic mass is 9.69. The first-order valence-corrected chi connectivity index (χ1v) is 9.97. The quantitative estimate of drug-likeness (QED) is 0.532. The van der Waals surface area contributed by atoms with Crippen LogP contribution < -0.4 is 5.73 Å². The van der Waals surface area contributed by atoms with Crippen LogP contribution in [0.3, 0.4) is 0 Å². The maximum atomic E-state index is 4.50. The summed E-state index contributed by atoms with van der Waals surface area (Å²) < 4.78 is 0. The van der Waals surface area contributed by atoms with Crippen LogP contribution in [0.4, 0.5) is 0 Å². The van der Waals surface area contributed by atoms with Gasteiger partial charge in [-0.2, -0.15) is 11.8 Å². The van der Waals surface area contributed by atoms with Gasteiger partial charge in [0.15, 0.2) is 0 Å². The lowest BCUT2D eigenvalue weighted by Gasteiger charge is -2.36. The minimum atomic E-state index is 0.453. The predicted octanol–water partition coefficient (Wildman–Crippen LogP) is 6.28. The van der Waals surface area contributed by atoms with E-state index in [0.29, 0.717) is 10.8 Å². The molecule has 0 aromatic rings. The molecule has 0 bridgehead atoms. The van der Waals surface area contributed by atoms with Gasteiger partial charge in [0.1, 0.15) is 0 Å². The third-order valence-corrected chi connectivity index (χ3v) is 5.88. The summed E-state index contributed by atoms with van der Waals surface area (Å²) in [4.78, 5) is 0. The number of hydrogen-bond donors (Lipinski definition) is 1. The molecule has 1 aliphatic carbocycles. The zero-order valence-electron chi connectivity index (χ0n) is 16.2. The molecule has 21 heavy (non-hydrogen) atoms. The second-order valence-electron chi connectivity index (χ2n) is 6.42. The fraction of sp³-hybridized carbons (Fsp3) is 0.895. The van der Waals surface area contributed by atoms with Gasteiger partial charge >= 0.3 is 0 Å². The van der Waals surface area contributed by atoms with Crippen LogP contribution in [0.15, 0.2) is 11.1 Å². The molecule has 128 valence electrons. The summed E-state index contributed by atoms with van der Waals surface area (Å²) in [7, 11) is 1.50. The SMILES string of the molecule is CC.CC.CC1(C)CSCC(C)(C)C2=C1CCCC2.CN. The molecule has 1 nitrogen and oxygen atoms in total. The summed E-state index contributed by atoms with van der Waals surface area (Å²) in [5.74, 6) is 2.63. The summed E-state index contributed by atoms with van der Waals surface area (Å²) in [5.41, 5.74) is 9.02. The minimum absolute atomic E-state index is 0.453. The van der Waals surface area contributed by atoms with E-state index >= 15 is 0 Å². The second kappa shape index (κ2) is 11.6. The molecule has 0 amide bonds. The molecule has 1 aliphatic heterocycles. The van der Waals surface area contributed by atoms with Gasteiger partial charge in [-0.1, -0.05) is 66.5 Å². The molecule has 1 heterocycles. The topological polar surface area (TPSA) is 26.0 Å². The highest BCUT2D eigenvalue weighted by Crippen LogP contribution is 2.49. The van der Waals surface area contributed by atoms with Gasteiger partial charge < -0.3 is 5.73 Å². The molecule has 2 heteroatoms. The van der Waals surface area contributed by atoms with Crippen molar-refractivity contribution in [2.45, 2.75) is 81.1 Å². The Morgan fingerprint density at radius 3 is 1.29 bits per heavy atom. The lowest BCUT2D eigenvalue weighted by molar-refractivity contribution is 0.409. The van der Waals surface area contributed by atoms with Gasteiger partial charge in [0.2, 0.25) is 0 Å². The van der Waals surface area contributed by atoms with Crippen molar-refractivity contribution in [3.05, 3.63) is 11.1 Å². The summed E-state index contributed by atoms with van der Waals surface area (Å²) in [5, 5.41) is 0. The van der Waals surface area contributed by atoms with Crippen molar-refractivity contribution in [3.63, 3.8) is 0 Å². The Bertz CT molecular complexity index is 262. The molecule has 0 fully saturated rings. The van der Waals surface area contributed by atoms with Gasteiger partial charge in [0.25, 0.3) is 0 Å². The van der Waals surface area contributed by atoms with E-state index in [1.165, 1.54) is 44.2 Å². The van der Waals surface area contributed by atoms with E-state index in [4.69, 9.17) is 0 Å². The molecule has 0 atom stereocenters. The van der Waals surface area contributed by atoms with Crippen LogP contribution in [-0.2, 0) is 0 Å². The Labute approximate surface area is 139 Å². The first-order chi connectivity index (χ1) is 9.93. The van der Waals surface area contributed by atoms with Crippen LogP contribution in [0.5, 0.6) is 0 Å². The van der Waals surface area contributed by atoms with Gasteiger partial charge in [0, 0.05) is 11.5 Å². The molecule has 2 N–H and O–H groups in total. The summed E-state index contributed by atoms with van der Waals surface area (Å²) in [6.45, 7) is 17.8. The molecule has 2 rings (SSSR count). The molecule has 0 unspecified atom stereocenters. The highest BCUT2D eigenvalue weighted by molar-refractivity contribution is 7.99. The van der Waals surface area contributed by atoms with Gasteiger partial charge in [-0.3, -0.25) is 0 Å². The van der Waals surface area contributed by atoms with Gasteiger partial charge in [-0.15, -0.1) is 0 Å². The van der Waals surface area contributed by atoms with Crippen LogP contribution in [0, 0.1) is 10.8 Å². The number of thioether (sulfide) groups is 1. The monoisotopic (exact) mass is 315 g/mol. The van der Waals surface area contributed by atoms with Crippen molar-refractivity contribution in [1.82, 2.24) is 0 Å². The first kappa shape index (κ1) is 23.3. The van der Waals surface area contributed by atoms with Crippen molar-refractivity contribution in [1.29, 1.82) is 0 Å². The van der Waals surface area contributed by atoms with E-state index in [-0.39, 0.29) is 0 Å². The average Bonchev–Trinajstić information content (AvgIpc) is 2.61. The molecular weight excluding hydrogens is 274 g/mol. The van der Waals surface area contributed by atoms with Crippen molar-refractivity contribution < 1.29 is 0 Å². The normalized spacial score (nSPS) is 22.0. The van der Waals surface area contributed by atoms with E-state index in [1.807, 2.05) is 38.8 Å². The van der Waals surface area contributed by atoms with Crippen molar-refractivity contribution in [2.75, 3.05) is 18.6 Å². The van der Waals surface area contributed by atoms with E-state index in [2.05, 4.69) is 45.2 Å². The average molecular weight is 316 g/mol. The maximum Gasteiger partial charge on any atom is 0.00217 e. The van der Waals surface area contributed by atoms with E-state index in [0.717, 1.165) is 0 Å². The molecule has 0 radical (unpaired) electrons. The standard InChI is InChI=1S/C14H24S.2C2H6.CH5N/c1-13(2)9-15-10-14(3,4)12-8-6-5-7-11(12)13;3*1-2/h5-10H2,1-4H3;2*1-2H3;2H2,1H3. The zero-order valence-corrected chi connectivity index (χ0v) is 17.0. The van der Waals surface area contributed by atoms with Gasteiger partial charge in [0.05, 0.1) is 0 Å². The Balaban J connectivity index is 0. The predicted molar refractivity (Wildman–Crippen MR) is 103 cm³/mol. The molecule has 0 aromatic carbocycles. The maximum absolute atomic E-state index is 4.50. The third-order valence-electron chi connectivity index (χ3n) is 4.03. The fourth-order valence-corrected chi connectivity index (χ4v) is 4.61. The highest BCUT2D eigenvalue weighted by Gasteiger charge is 2.37. The largest absolute Gasteiger partial charge is 0.333 e. The number of nitrogens with two attached hydrogens (primary N) is 1. The first-order valence-electron chi connectivity index (χ1n) is 8.82. The molecule has 0 saturated carbocycles. The van der Waals surface area contributed by atoms with Gasteiger partial charge in [-0.05, 0) is 43.6 Å². The van der Waals surface area contributed by atoms with E-state index in [1.54, 1.807) is 0 Å². The lowest BCUT2D eigenvalue weighted by Crippen LogP contribution is -2.24. The van der Waals surface area contributed by atoms with Gasteiger partial charge in [-0.25, -0.2) is 0 Å². The summed E-state index contributed by atoms with van der Waals surface area (Å²) in [6, 6.07) is 0. The summed E-state index contributed by atoms with van der Waals surface area (Å²) >= 11 is 2.15. The minimum Gasteiger partial charge on any atom is -0.333 e. The van der Waals surface area contributed by atoms with Crippen LogP contribution in [0.2, 0.25) is 0 Å². The Kier molecular flexibility index (Phi) is 12.9. The smallest absolute Gasteiger partial charge is 0.00217 e. The van der Waals surface area contributed by atoms with Crippen molar-refractivity contribution in [3.8, 4) is 0 Å². The van der Waals surface area contributed by atoms with Crippen LogP contribution in [0.1, 0.15) is 81.1 Å². The molecule has 0 saturated heterocycles. The number of hydrogen-bond acceptors (Lipinski definition) is 2. The Morgan fingerprint density at radius 2 is 1.00 bits per heavy atom. The van der Waals surface area contributed by atoms with E-state index < -0.39 is 0 Å². The second-order valence-corrected chi connectivity index (χ2v) is 7.41. The Hall–Kier alpha value is 0.0500. The Morgan fingerprint density at radius 1 is 0.714 bits per heavy atom. The van der Waals surface area contributed by atoms with Crippen molar-refractivity contribution >= 4 is 11.8 Å². The third kappa shape index (κ3) is 6.78. The van der Waals surface area contributed by atoms with Crippen molar-refractivity contribution in [2.24, 2.45) is 16.6 Å². The van der Waals surface area contributed by atoms with Crippen LogP contribution in [-0.4, -0.2) is 18.6 Å². The summed E-state index contributed by atoms with van der Waals surface area (Å²) in [6.07, 6.45) is 5.57. The highest BCUT2D eigenvalue weighted by atomic mass is 32.2. The molecular formula is C19H41NS. The van der Waals surface area contributed by atoms with E-state index in [9.17, 15) is 0 Å². The number of rotatable bonds is 0. The fourth-order valence-electron chi connectivity index (χ4n) is 3.13. The van der Waals surface area contributed by atoms with Crippen LogP contribution in [0.25, 0.3) is 0 Å². The molecule has 2 aliphatic rings. The van der Waals surface area contributed by atoms with Crippen LogP contribution >= 0.6 is 11.8 Å². The molecule has 0 aromatic heterocycles. The zero-order chi connectivity index (χ0) is 17.1. The molecule has 0 spiro atoms. The number of allylic oxidation sites excluding steroid dienone is 2.